The van der Waals surface area contributed by atoms with E-state index in [1.165, 1.54) is 17.1 Å². The molecule has 6 nitrogen and oxygen atoms in total. The number of hydrogen-bond acceptors (Lipinski definition) is 5. The molecule has 0 fully saturated rings. The van der Waals surface area contributed by atoms with Gasteiger partial charge in [0.2, 0.25) is 5.82 Å². The van der Waals surface area contributed by atoms with Crippen molar-refractivity contribution in [1.82, 2.24) is 9.55 Å². The van der Waals surface area contributed by atoms with E-state index in [0.29, 0.717) is 0 Å². The van der Waals surface area contributed by atoms with Crippen LogP contribution in [-0.4, -0.2) is 22.1 Å². The first-order chi connectivity index (χ1) is 12.2. The van der Waals surface area contributed by atoms with Gasteiger partial charge in [-0.3, -0.25) is 0 Å². The summed E-state index contributed by atoms with van der Waals surface area (Å²) in [5.74, 6) is -0.389. The molecule has 3 rings (SSSR count). The van der Waals surface area contributed by atoms with E-state index in [0.717, 1.165) is 16.7 Å². The molecule has 1 aromatic heterocycles. The van der Waals surface area contributed by atoms with Crippen molar-refractivity contribution in [2.45, 2.75) is 13.0 Å². The van der Waals surface area contributed by atoms with Crippen LogP contribution < -0.4 is 0 Å². The van der Waals surface area contributed by atoms with Gasteiger partial charge in [0.15, 0.2) is 6.04 Å². The molecule has 6 heteroatoms. The molecule has 1 heterocycles. The van der Waals surface area contributed by atoms with Crippen LogP contribution in [0.25, 0.3) is 11.1 Å². The predicted octanol–water partition coefficient (Wildman–Crippen LogP) is 4.10. The molecule has 3 aromatic rings. The normalized spacial score (nSPS) is 11.7. The minimum Gasteiger partial charge on any atom is -0.464 e. The molecular formula is C19H17N3O3. The lowest BCUT2D eigenvalue weighted by atomic mass is 10.0. The highest BCUT2D eigenvalue weighted by Crippen LogP contribution is 2.26. The summed E-state index contributed by atoms with van der Waals surface area (Å²) in [6.45, 7) is 2.02. The molecule has 0 saturated carbocycles. The van der Waals surface area contributed by atoms with E-state index in [9.17, 15) is 9.70 Å². The maximum atomic E-state index is 12.4. The standard InChI is InChI=1S/C19H17N3O3/c1-2-25-19(23)18(22-12-17(21-24)20-13-22)16-10-8-15(9-11-16)14-6-4-3-5-7-14/h3-13,18H,2H2,1H3. The Balaban J connectivity index is 1.95. The number of benzene rings is 2. The van der Waals surface area contributed by atoms with Gasteiger partial charge in [-0.1, -0.05) is 54.6 Å². The zero-order valence-corrected chi connectivity index (χ0v) is 13.7. The van der Waals surface area contributed by atoms with E-state index in [2.05, 4.69) is 10.2 Å². The molecule has 0 amide bonds. The number of aromatic nitrogens is 2. The molecule has 25 heavy (non-hydrogen) atoms. The van der Waals surface area contributed by atoms with Crippen molar-refractivity contribution in [1.29, 1.82) is 0 Å². The third-order valence-electron chi connectivity index (χ3n) is 3.82. The molecule has 1 atom stereocenters. The Labute approximate surface area is 145 Å². The number of rotatable bonds is 6. The fourth-order valence-corrected chi connectivity index (χ4v) is 2.65. The molecule has 2 aromatic carbocycles. The number of carbonyl (C=O) groups is 1. The van der Waals surface area contributed by atoms with Crippen LogP contribution in [-0.2, 0) is 9.53 Å². The first-order valence-electron chi connectivity index (χ1n) is 7.91. The first-order valence-corrected chi connectivity index (χ1v) is 7.91. The molecule has 0 N–H and O–H groups in total. The lowest BCUT2D eigenvalue weighted by Crippen LogP contribution is -2.22. The smallest absolute Gasteiger partial charge is 0.333 e. The second kappa shape index (κ2) is 7.53. The van der Waals surface area contributed by atoms with Crippen LogP contribution in [0.2, 0.25) is 0 Å². The van der Waals surface area contributed by atoms with E-state index in [4.69, 9.17) is 4.74 Å². The van der Waals surface area contributed by atoms with Crippen molar-refractivity contribution in [3.8, 4) is 11.1 Å². The summed E-state index contributed by atoms with van der Waals surface area (Å²) in [6, 6.07) is 16.9. The summed E-state index contributed by atoms with van der Waals surface area (Å²) in [4.78, 5) is 26.9. The second-order valence-electron chi connectivity index (χ2n) is 5.41. The quantitative estimate of drug-likeness (QED) is 0.502. The maximum Gasteiger partial charge on any atom is 0.333 e. The van der Waals surface area contributed by atoms with Gasteiger partial charge in [-0.15, -0.1) is 4.91 Å². The van der Waals surface area contributed by atoms with E-state index in [1.807, 2.05) is 54.6 Å². The Kier molecular flexibility index (Phi) is 4.99. The van der Waals surface area contributed by atoms with Crippen LogP contribution in [0.15, 0.2) is 72.3 Å². The number of esters is 1. The average molecular weight is 335 g/mol. The molecule has 0 spiro atoms. The molecular weight excluding hydrogens is 318 g/mol. The Bertz CT molecular complexity index is 857. The van der Waals surface area contributed by atoms with E-state index in [-0.39, 0.29) is 12.4 Å². The highest BCUT2D eigenvalue weighted by Gasteiger charge is 2.24. The third kappa shape index (κ3) is 3.63. The first kappa shape index (κ1) is 16.6. The topological polar surface area (TPSA) is 73.6 Å². The number of nitroso groups, excluding NO2 is 1. The van der Waals surface area contributed by atoms with Crippen molar-refractivity contribution in [3.05, 3.63) is 77.6 Å². The lowest BCUT2D eigenvalue weighted by molar-refractivity contribution is -0.145. The van der Waals surface area contributed by atoms with Gasteiger partial charge >= 0.3 is 5.97 Å². The molecule has 1 unspecified atom stereocenters. The number of ether oxygens (including phenoxy) is 1. The van der Waals surface area contributed by atoms with Crippen LogP contribution in [0, 0.1) is 4.91 Å². The molecule has 0 bridgehead atoms. The Hall–Kier alpha value is -3.28. The largest absolute Gasteiger partial charge is 0.464 e. The summed E-state index contributed by atoms with van der Waals surface area (Å²) in [5.41, 5.74) is 2.89. The maximum absolute atomic E-state index is 12.4. The summed E-state index contributed by atoms with van der Waals surface area (Å²) >= 11 is 0. The monoisotopic (exact) mass is 335 g/mol. The van der Waals surface area contributed by atoms with Crippen molar-refractivity contribution in [3.63, 3.8) is 0 Å². The molecule has 0 radical (unpaired) electrons. The van der Waals surface area contributed by atoms with Gasteiger partial charge in [0, 0.05) is 0 Å². The fraction of sp³-hybridized carbons (Fsp3) is 0.158. The SMILES string of the molecule is CCOC(=O)C(c1ccc(-c2ccccc2)cc1)n1cnc(N=O)c1. The summed E-state index contributed by atoms with van der Waals surface area (Å²) in [5, 5.41) is 2.79. The number of hydrogen-bond donors (Lipinski definition) is 0. The molecule has 0 aliphatic rings. The van der Waals surface area contributed by atoms with Gasteiger partial charge < -0.3 is 9.30 Å². The zero-order valence-electron chi connectivity index (χ0n) is 13.7. The van der Waals surface area contributed by atoms with Crippen molar-refractivity contribution >= 4 is 11.8 Å². The minimum atomic E-state index is -0.715. The van der Waals surface area contributed by atoms with Crippen LogP contribution in [0.3, 0.4) is 0 Å². The summed E-state index contributed by atoms with van der Waals surface area (Å²) in [7, 11) is 0. The Morgan fingerprint density at radius 2 is 1.80 bits per heavy atom. The van der Waals surface area contributed by atoms with Crippen molar-refractivity contribution < 1.29 is 9.53 Å². The van der Waals surface area contributed by atoms with E-state index in [1.54, 1.807) is 6.92 Å². The van der Waals surface area contributed by atoms with Gasteiger partial charge in [0.25, 0.3) is 0 Å². The molecule has 126 valence electrons. The highest BCUT2D eigenvalue weighted by atomic mass is 16.5. The number of imidazole rings is 1. The van der Waals surface area contributed by atoms with Gasteiger partial charge in [-0.05, 0) is 28.8 Å². The van der Waals surface area contributed by atoms with Crippen LogP contribution in [0.4, 0.5) is 5.82 Å². The second-order valence-corrected chi connectivity index (χ2v) is 5.41. The zero-order chi connectivity index (χ0) is 17.6. The van der Waals surface area contributed by atoms with Gasteiger partial charge in [-0.25, -0.2) is 9.78 Å². The number of carbonyl (C=O) groups excluding carboxylic acids is 1. The highest BCUT2D eigenvalue weighted by molar-refractivity contribution is 5.78. The predicted molar refractivity (Wildman–Crippen MR) is 94.3 cm³/mol. The Morgan fingerprint density at radius 3 is 2.40 bits per heavy atom. The number of nitrogens with zero attached hydrogens (tertiary/aromatic N) is 3. The van der Waals surface area contributed by atoms with Crippen molar-refractivity contribution in [2.24, 2.45) is 5.18 Å². The lowest BCUT2D eigenvalue weighted by Gasteiger charge is -2.17. The van der Waals surface area contributed by atoms with Gasteiger partial charge in [0.1, 0.15) is 0 Å². The van der Waals surface area contributed by atoms with Crippen LogP contribution in [0.1, 0.15) is 18.5 Å². The van der Waals surface area contributed by atoms with Crippen LogP contribution >= 0.6 is 0 Å². The van der Waals surface area contributed by atoms with Gasteiger partial charge in [0.05, 0.1) is 19.1 Å². The third-order valence-corrected chi connectivity index (χ3v) is 3.82. The van der Waals surface area contributed by atoms with E-state index >= 15 is 0 Å². The molecule has 0 saturated heterocycles. The summed E-state index contributed by atoms with van der Waals surface area (Å²) in [6.07, 6.45) is 2.84. The van der Waals surface area contributed by atoms with Crippen LogP contribution in [0.5, 0.6) is 0 Å². The van der Waals surface area contributed by atoms with Crippen molar-refractivity contribution in [2.75, 3.05) is 6.61 Å². The van der Waals surface area contributed by atoms with Gasteiger partial charge in [-0.2, -0.15) is 0 Å². The fourth-order valence-electron chi connectivity index (χ4n) is 2.65. The minimum absolute atomic E-state index is 0.0233. The Morgan fingerprint density at radius 1 is 1.12 bits per heavy atom. The molecule has 0 aliphatic heterocycles. The summed E-state index contributed by atoms with van der Waals surface area (Å²) < 4.78 is 6.71. The van der Waals surface area contributed by atoms with E-state index < -0.39 is 12.0 Å². The molecule has 0 aliphatic carbocycles. The average Bonchev–Trinajstić information content (AvgIpc) is 3.12.